The summed E-state index contributed by atoms with van der Waals surface area (Å²) in [6.45, 7) is 0. The van der Waals surface area contributed by atoms with Crippen LogP contribution in [0.1, 0.15) is 22.6 Å². The Morgan fingerprint density at radius 3 is 1.83 bits per heavy atom. The Morgan fingerprint density at radius 1 is 0.522 bits per heavy atom. The third-order valence-electron chi connectivity index (χ3n) is 8.69. The van der Waals surface area contributed by atoms with Gasteiger partial charge in [0.2, 0.25) is 0 Å². The molecule has 0 fully saturated rings. The quantitative estimate of drug-likeness (QED) is 0.173. The normalized spacial score (nSPS) is 12.2. The molecule has 0 amide bonds. The number of hydrogen-bond acceptors (Lipinski definition) is 2. The Bertz CT molecular complexity index is 2110. The number of benzene rings is 7. The lowest BCUT2D eigenvalue weighted by Crippen LogP contribution is -2.04. The topological polar surface area (TPSA) is 26.0 Å². The summed E-state index contributed by atoms with van der Waals surface area (Å²) in [6.07, 6.45) is 4.34. The molecule has 0 radical (unpaired) electrons. The lowest BCUT2D eigenvalue weighted by atomic mass is 9.87. The molecule has 46 heavy (non-hydrogen) atoms. The van der Waals surface area contributed by atoms with E-state index < -0.39 is 0 Å². The van der Waals surface area contributed by atoms with Crippen molar-refractivity contribution in [3.8, 4) is 33.4 Å². The summed E-state index contributed by atoms with van der Waals surface area (Å²) in [5, 5.41) is 2.55. The van der Waals surface area contributed by atoms with E-state index in [9.17, 15) is 0 Å². The van der Waals surface area contributed by atoms with E-state index >= 15 is 0 Å². The van der Waals surface area contributed by atoms with Crippen LogP contribution in [0.15, 0.2) is 181 Å². The van der Waals surface area contributed by atoms with E-state index in [4.69, 9.17) is 5.73 Å². The summed E-state index contributed by atoms with van der Waals surface area (Å²) in [7, 11) is 0. The monoisotopic (exact) mass is 609 g/mol. The number of hydrogen-bond donors (Lipinski definition) is 1. The molecule has 0 saturated heterocycles. The second kappa shape index (κ2) is 13.4. The first-order chi connectivity index (χ1) is 22.7. The average molecular weight is 610 g/mol. The highest BCUT2D eigenvalue weighted by Crippen LogP contribution is 2.38. The molecule has 0 heterocycles. The number of rotatable bonds is 8. The Labute approximate surface area is 276 Å². The minimum atomic E-state index is 0.00837. The molecular weight excluding hydrogens is 575 g/mol. The number of fused-ring (bicyclic) bond motifs is 1. The molecule has 1 nitrogen and oxygen atoms in total. The standard InChI is InChI=1S/C44H35NS/c1-46-43-28-27-35-15-8-9-18-40(35)44(43)37-25-21-33(22-26-37)38-16-10-17-39(29-38)41(34-13-6-3-7-14-34)30-42(45)36-23-19-32(20-24-36)31-11-4-2-5-12-31/h2-30,41H,45H2,1H3/b42-30-. The van der Waals surface area contributed by atoms with Crippen molar-refractivity contribution < 1.29 is 0 Å². The zero-order valence-corrected chi connectivity index (χ0v) is 26.6. The summed E-state index contributed by atoms with van der Waals surface area (Å²) in [4.78, 5) is 1.29. The fraction of sp³-hybridized carbons (Fsp3) is 0.0455. The maximum absolute atomic E-state index is 6.80. The molecule has 2 N–H and O–H groups in total. The molecule has 2 heteroatoms. The molecular formula is C44H35NS. The van der Waals surface area contributed by atoms with Crippen molar-refractivity contribution in [3.05, 3.63) is 193 Å². The second-order valence-corrected chi connectivity index (χ2v) is 12.4. The van der Waals surface area contributed by atoms with Crippen LogP contribution in [0.4, 0.5) is 0 Å². The molecule has 0 bridgehead atoms. The van der Waals surface area contributed by atoms with Crippen LogP contribution < -0.4 is 5.73 Å². The van der Waals surface area contributed by atoms with Crippen LogP contribution in [-0.4, -0.2) is 6.26 Å². The minimum Gasteiger partial charge on any atom is -0.398 e. The van der Waals surface area contributed by atoms with Crippen LogP contribution in [0.3, 0.4) is 0 Å². The number of nitrogens with two attached hydrogens (primary N) is 1. The van der Waals surface area contributed by atoms with E-state index in [1.54, 1.807) is 11.8 Å². The van der Waals surface area contributed by atoms with Crippen molar-refractivity contribution in [1.29, 1.82) is 0 Å². The van der Waals surface area contributed by atoms with Crippen molar-refractivity contribution >= 4 is 28.2 Å². The predicted molar refractivity (Wildman–Crippen MR) is 199 cm³/mol. The smallest absolute Gasteiger partial charge is 0.0356 e. The Morgan fingerprint density at radius 2 is 1.09 bits per heavy atom. The fourth-order valence-corrected chi connectivity index (χ4v) is 6.90. The second-order valence-electron chi connectivity index (χ2n) is 11.5. The van der Waals surface area contributed by atoms with Crippen LogP contribution in [0.5, 0.6) is 0 Å². The summed E-state index contributed by atoms with van der Waals surface area (Å²) >= 11 is 1.80. The lowest BCUT2D eigenvalue weighted by molar-refractivity contribution is 1.02. The number of thioether (sulfide) groups is 1. The molecule has 0 aliphatic rings. The molecule has 0 spiro atoms. The largest absolute Gasteiger partial charge is 0.398 e. The highest BCUT2D eigenvalue weighted by atomic mass is 32.2. The van der Waals surface area contributed by atoms with Gasteiger partial charge in [-0.2, -0.15) is 0 Å². The summed E-state index contributed by atoms with van der Waals surface area (Å²) in [5.41, 5.74) is 18.3. The van der Waals surface area contributed by atoms with E-state index in [1.165, 1.54) is 60.2 Å². The van der Waals surface area contributed by atoms with Crippen LogP contribution >= 0.6 is 11.8 Å². The van der Waals surface area contributed by atoms with Gasteiger partial charge in [0.15, 0.2) is 0 Å². The Hall–Kier alpha value is -5.31. The van der Waals surface area contributed by atoms with Crippen molar-refractivity contribution in [2.24, 2.45) is 5.73 Å². The van der Waals surface area contributed by atoms with Gasteiger partial charge >= 0.3 is 0 Å². The Balaban J connectivity index is 1.22. The highest BCUT2D eigenvalue weighted by Gasteiger charge is 2.15. The molecule has 1 unspecified atom stereocenters. The van der Waals surface area contributed by atoms with E-state index in [2.05, 4.69) is 176 Å². The third-order valence-corrected chi connectivity index (χ3v) is 9.47. The van der Waals surface area contributed by atoms with E-state index in [0.717, 1.165) is 11.3 Å². The molecule has 0 saturated carbocycles. The fourth-order valence-electron chi connectivity index (χ4n) is 6.27. The SMILES string of the molecule is CSc1ccc2ccccc2c1-c1ccc(-c2cccc(C(/C=C(\N)c3ccc(-c4ccccc4)cc3)c3ccccc3)c2)cc1. The average Bonchev–Trinajstić information content (AvgIpc) is 3.14. The predicted octanol–water partition coefficient (Wildman–Crippen LogP) is 11.7. The van der Waals surface area contributed by atoms with E-state index in [-0.39, 0.29) is 5.92 Å². The lowest BCUT2D eigenvalue weighted by Gasteiger charge is -2.17. The summed E-state index contributed by atoms with van der Waals surface area (Å²) < 4.78 is 0. The van der Waals surface area contributed by atoms with Crippen molar-refractivity contribution in [2.75, 3.05) is 6.26 Å². The van der Waals surface area contributed by atoms with Gasteiger partial charge in [-0.05, 0) is 73.7 Å². The van der Waals surface area contributed by atoms with E-state index in [0.29, 0.717) is 0 Å². The van der Waals surface area contributed by atoms with Gasteiger partial charge in [-0.15, -0.1) is 11.8 Å². The Kier molecular flexibility index (Phi) is 8.54. The maximum Gasteiger partial charge on any atom is 0.0356 e. The zero-order valence-electron chi connectivity index (χ0n) is 25.8. The van der Waals surface area contributed by atoms with Gasteiger partial charge in [0.1, 0.15) is 0 Å². The number of allylic oxidation sites excluding steroid dienone is 1. The van der Waals surface area contributed by atoms with Gasteiger partial charge in [-0.25, -0.2) is 0 Å². The first-order valence-corrected chi connectivity index (χ1v) is 16.8. The van der Waals surface area contributed by atoms with Gasteiger partial charge < -0.3 is 5.73 Å². The zero-order chi connectivity index (χ0) is 31.3. The summed E-state index contributed by atoms with van der Waals surface area (Å²) in [5.74, 6) is 0.00837. The first kappa shape index (κ1) is 29.4. The van der Waals surface area contributed by atoms with Crippen LogP contribution in [-0.2, 0) is 0 Å². The van der Waals surface area contributed by atoms with Gasteiger partial charge in [0, 0.05) is 22.1 Å². The molecule has 7 rings (SSSR count). The maximum atomic E-state index is 6.80. The van der Waals surface area contributed by atoms with Crippen LogP contribution in [0, 0.1) is 0 Å². The molecule has 0 aliphatic carbocycles. The van der Waals surface area contributed by atoms with Crippen molar-refractivity contribution in [2.45, 2.75) is 10.8 Å². The van der Waals surface area contributed by atoms with Crippen molar-refractivity contribution in [3.63, 3.8) is 0 Å². The van der Waals surface area contributed by atoms with Crippen LogP contribution in [0.25, 0.3) is 49.9 Å². The van der Waals surface area contributed by atoms with Gasteiger partial charge in [-0.3, -0.25) is 0 Å². The van der Waals surface area contributed by atoms with Crippen LogP contribution in [0.2, 0.25) is 0 Å². The molecule has 7 aromatic rings. The molecule has 0 aromatic heterocycles. The first-order valence-electron chi connectivity index (χ1n) is 15.6. The molecule has 1 atom stereocenters. The van der Waals surface area contributed by atoms with Gasteiger partial charge in [0.05, 0.1) is 0 Å². The molecule has 7 aromatic carbocycles. The highest BCUT2D eigenvalue weighted by molar-refractivity contribution is 7.98. The van der Waals surface area contributed by atoms with Gasteiger partial charge in [-0.1, -0.05) is 164 Å². The van der Waals surface area contributed by atoms with Gasteiger partial charge in [0.25, 0.3) is 0 Å². The van der Waals surface area contributed by atoms with E-state index in [1.807, 2.05) is 6.07 Å². The molecule has 222 valence electrons. The summed E-state index contributed by atoms with van der Waals surface area (Å²) in [6, 6.07) is 60.6. The molecule has 0 aliphatic heterocycles. The van der Waals surface area contributed by atoms with Crippen molar-refractivity contribution in [1.82, 2.24) is 0 Å². The minimum absolute atomic E-state index is 0.00837. The third kappa shape index (κ3) is 6.13.